The molecule has 0 heterocycles. The van der Waals surface area contributed by atoms with Gasteiger partial charge in [-0.15, -0.1) is 0 Å². The lowest BCUT2D eigenvalue weighted by Crippen LogP contribution is -1.96. The zero-order valence-corrected chi connectivity index (χ0v) is 3.52. The molecule has 0 aromatic heterocycles. The van der Waals surface area contributed by atoms with Crippen LogP contribution in [0.15, 0.2) is 5.18 Å². The molecule has 0 aliphatic heterocycles. The van der Waals surface area contributed by atoms with E-state index >= 15 is 0 Å². The molecule has 1 atom stereocenters. The molecule has 0 N–H and O–H groups in total. The van der Waals surface area contributed by atoms with Crippen molar-refractivity contribution in [2.75, 3.05) is 6.67 Å². The summed E-state index contributed by atoms with van der Waals surface area (Å²) in [5, 5.41) is 2.38. The summed E-state index contributed by atoms with van der Waals surface area (Å²) in [6, 6.07) is -0.662. The molecule has 6 heavy (non-hydrogen) atoms. The van der Waals surface area contributed by atoms with Crippen molar-refractivity contribution >= 4 is 0 Å². The number of hydrogen-bond acceptors (Lipinski definition) is 2. The molecule has 0 aliphatic carbocycles. The SMILES string of the molecule is CC(CF)N=O. The maximum absolute atomic E-state index is 11.1. The van der Waals surface area contributed by atoms with Crippen LogP contribution in [0, 0.1) is 4.91 Å². The summed E-state index contributed by atoms with van der Waals surface area (Å²) in [6.45, 7) is 0.774. The van der Waals surface area contributed by atoms with Gasteiger partial charge in [0.25, 0.3) is 0 Å². The van der Waals surface area contributed by atoms with Crippen LogP contribution in [0.1, 0.15) is 6.92 Å². The Kier molecular flexibility index (Phi) is 2.54. The van der Waals surface area contributed by atoms with Crippen molar-refractivity contribution in [3.05, 3.63) is 4.91 Å². The van der Waals surface area contributed by atoms with Crippen LogP contribution in [0.3, 0.4) is 0 Å². The van der Waals surface area contributed by atoms with Crippen molar-refractivity contribution in [1.29, 1.82) is 0 Å². The van der Waals surface area contributed by atoms with Crippen LogP contribution in [0.2, 0.25) is 0 Å². The molecule has 0 bridgehead atoms. The number of nitrogens with zero attached hydrogens (tertiary/aromatic N) is 1. The molecule has 0 aromatic carbocycles. The molecule has 0 aliphatic rings. The second-order valence-electron chi connectivity index (χ2n) is 1.11. The van der Waals surface area contributed by atoms with Gasteiger partial charge < -0.3 is 0 Å². The van der Waals surface area contributed by atoms with Crippen molar-refractivity contribution in [2.45, 2.75) is 13.0 Å². The quantitative estimate of drug-likeness (QED) is 0.468. The van der Waals surface area contributed by atoms with Gasteiger partial charge in [0.2, 0.25) is 0 Å². The summed E-state index contributed by atoms with van der Waals surface area (Å²) in [4.78, 5) is 9.25. The van der Waals surface area contributed by atoms with Crippen molar-refractivity contribution in [2.24, 2.45) is 5.18 Å². The van der Waals surface area contributed by atoms with Gasteiger partial charge in [-0.1, -0.05) is 5.18 Å². The van der Waals surface area contributed by atoms with E-state index in [1.54, 1.807) is 0 Å². The Balaban J connectivity index is 2.96. The van der Waals surface area contributed by atoms with Crippen LogP contribution < -0.4 is 0 Å². The largest absolute Gasteiger partial charge is 0.249 e. The van der Waals surface area contributed by atoms with Gasteiger partial charge in [-0.3, -0.25) is 0 Å². The average Bonchev–Trinajstić information content (AvgIpc) is 1.65. The molecule has 0 fully saturated rings. The molecule has 0 aromatic rings. The molecule has 2 nitrogen and oxygen atoms in total. The molecule has 0 spiro atoms. The Morgan fingerprint density at radius 3 is 2.50 bits per heavy atom. The molecular weight excluding hydrogens is 85.0 g/mol. The summed E-state index contributed by atoms with van der Waals surface area (Å²) >= 11 is 0. The number of rotatable bonds is 2. The Morgan fingerprint density at radius 2 is 2.50 bits per heavy atom. The van der Waals surface area contributed by atoms with Gasteiger partial charge >= 0.3 is 0 Å². The zero-order valence-electron chi connectivity index (χ0n) is 3.52. The summed E-state index contributed by atoms with van der Waals surface area (Å²) in [7, 11) is 0. The Hall–Kier alpha value is -0.470. The van der Waals surface area contributed by atoms with Crippen molar-refractivity contribution in [3.63, 3.8) is 0 Å². The second kappa shape index (κ2) is 2.75. The third kappa shape index (κ3) is 1.81. The Morgan fingerprint density at radius 1 is 2.00 bits per heavy atom. The van der Waals surface area contributed by atoms with Crippen molar-refractivity contribution in [1.82, 2.24) is 0 Å². The van der Waals surface area contributed by atoms with Crippen molar-refractivity contribution in [3.8, 4) is 0 Å². The predicted octanol–water partition coefficient (Wildman–Crippen LogP) is 1.11. The summed E-state index contributed by atoms with van der Waals surface area (Å²) in [6.07, 6.45) is 0. The first-order chi connectivity index (χ1) is 2.81. The summed E-state index contributed by atoms with van der Waals surface area (Å²) < 4.78 is 11.1. The van der Waals surface area contributed by atoms with E-state index < -0.39 is 12.7 Å². The number of hydrogen-bond donors (Lipinski definition) is 0. The standard InChI is InChI=1S/C3H6FNO/c1-3(2-4)5-6/h3H,2H2,1H3. The van der Waals surface area contributed by atoms with Crippen LogP contribution in [0.25, 0.3) is 0 Å². The topological polar surface area (TPSA) is 29.4 Å². The minimum absolute atomic E-state index is 0.649. The van der Waals surface area contributed by atoms with E-state index in [4.69, 9.17) is 0 Å². The van der Waals surface area contributed by atoms with Crippen LogP contribution in [-0.4, -0.2) is 12.7 Å². The average molecular weight is 91.1 g/mol. The van der Waals surface area contributed by atoms with Gasteiger partial charge in [-0.05, 0) is 6.92 Å². The lowest BCUT2D eigenvalue weighted by molar-refractivity contribution is 0.445. The highest BCUT2D eigenvalue weighted by Gasteiger charge is 1.93. The highest BCUT2D eigenvalue weighted by molar-refractivity contribution is 4.52. The molecule has 3 heteroatoms. The van der Waals surface area contributed by atoms with Gasteiger partial charge in [0.15, 0.2) is 0 Å². The lowest BCUT2D eigenvalue weighted by Gasteiger charge is -1.85. The van der Waals surface area contributed by atoms with Crippen LogP contribution in [0.5, 0.6) is 0 Å². The number of halogens is 1. The molecular formula is C3H6FNO. The van der Waals surface area contributed by atoms with E-state index in [1.165, 1.54) is 6.92 Å². The normalized spacial score (nSPS) is 13.7. The minimum Gasteiger partial charge on any atom is -0.249 e. The molecule has 36 valence electrons. The Labute approximate surface area is 35.3 Å². The fourth-order valence-corrected chi connectivity index (χ4v) is 0.0282. The highest BCUT2D eigenvalue weighted by atomic mass is 19.1. The van der Waals surface area contributed by atoms with Crippen LogP contribution in [0.4, 0.5) is 4.39 Å². The molecule has 0 amide bonds. The van der Waals surface area contributed by atoms with E-state index in [0.717, 1.165) is 0 Å². The summed E-state index contributed by atoms with van der Waals surface area (Å²) in [5.74, 6) is 0. The summed E-state index contributed by atoms with van der Waals surface area (Å²) in [5.41, 5.74) is 0. The first-order valence-electron chi connectivity index (χ1n) is 1.69. The third-order valence-corrected chi connectivity index (χ3v) is 0.403. The monoisotopic (exact) mass is 91.0 g/mol. The van der Waals surface area contributed by atoms with Gasteiger partial charge in [0.1, 0.15) is 12.7 Å². The fourth-order valence-electron chi connectivity index (χ4n) is 0.0282. The van der Waals surface area contributed by atoms with E-state index in [1.807, 2.05) is 0 Å². The van der Waals surface area contributed by atoms with E-state index in [9.17, 15) is 9.30 Å². The van der Waals surface area contributed by atoms with Gasteiger partial charge in [0, 0.05) is 0 Å². The minimum atomic E-state index is -0.662. The first-order valence-corrected chi connectivity index (χ1v) is 1.69. The predicted molar refractivity (Wildman–Crippen MR) is 21.2 cm³/mol. The maximum Gasteiger partial charge on any atom is 0.117 e. The molecule has 0 saturated heterocycles. The molecule has 0 rings (SSSR count). The number of nitroso groups, excluding NO2 is 1. The molecule has 1 unspecified atom stereocenters. The highest BCUT2D eigenvalue weighted by Crippen LogP contribution is 1.85. The van der Waals surface area contributed by atoms with E-state index in [2.05, 4.69) is 5.18 Å². The third-order valence-electron chi connectivity index (χ3n) is 0.403. The first kappa shape index (κ1) is 5.53. The van der Waals surface area contributed by atoms with Crippen LogP contribution >= 0.6 is 0 Å². The van der Waals surface area contributed by atoms with E-state index in [-0.39, 0.29) is 0 Å². The fraction of sp³-hybridized carbons (Fsp3) is 1.00. The molecule has 0 saturated carbocycles. The van der Waals surface area contributed by atoms with Crippen molar-refractivity contribution < 1.29 is 4.39 Å². The van der Waals surface area contributed by atoms with E-state index in [0.29, 0.717) is 0 Å². The second-order valence-corrected chi connectivity index (χ2v) is 1.11. The number of alkyl halides is 1. The van der Waals surface area contributed by atoms with Crippen LogP contribution in [-0.2, 0) is 0 Å². The lowest BCUT2D eigenvalue weighted by atomic mass is 10.4. The van der Waals surface area contributed by atoms with Gasteiger partial charge in [-0.2, -0.15) is 4.91 Å². The smallest absolute Gasteiger partial charge is 0.117 e. The van der Waals surface area contributed by atoms with Gasteiger partial charge in [-0.25, -0.2) is 4.39 Å². The maximum atomic E-state index is 11.1. The van der Waals surface area contributed by atoms with Gasteiger partial charge in [0.05, 0.1) is 0 Å². The Bertz CT molecular complexity index is 48.1. The zero-order chi connectivity index (χ0) is 4.99. The molecule has 0 radical (unpaired) electrons.